The summed E-state index contributed by atoms with van der Waals surface area (Å²) in [6.45, 7) is 0.724. The quantitative estimate of drug-likeness (QED) is 0.418. The van der Waals surface area contributed by atoms with Gasteiger partial charge in [0.2, 0.25) is 0 Å². The zero-order chi connectivity index (χ0) is 21.0. The topological polar surface area (TPSA) is 55.6 Å². The van der Waals surface area contributed by atoms with Crippen LogP contribution in [0.2, 0.25) is 0 Å². The van der Waals surface area contributed by atoms with Crippen molar-refractivity contribution in [1.82, 2.24) is 19.7 Å². The van der Waals surface area contributed by atoms with E-state index in [1.165, 1.54) is 11.1 Å². The molecule has 1 N–H and O–H groups in total. The summed E-state index contributed by atoms with van der Waals surface area (Å²) >= 11 is 0. The summed E-state index contributed by atoms with van der Waals surface area (Å²) in [7, 11) is 1.90. The Morgan fingerprint density at radius 3 is 2.10 bits per heavy atom. The van der Waals surface area contributed by atoms with E-state index >= 15 is 0 Å². The van der Waals surface area contributed by atoms with Crippen molar-refractivity contribution >= 4 is 16.7 Å². The maximum atomic E-state index is 4.87. The van der Waals surface area contributed by atoms with Crippen molar-refractivity contribution < 1.29 is 0 Å². The number of para-hydroxylation sites is 1. The first kappa shape index (κ1) is 19.0. The van der Waals surface area contributed by atoms with Gasteiger partial charge >= 0.3 is 0 Å². The van der Waals surface area contributed by atoms with Gasteiger partial charge in [-0.3, -0.25) is 4.68 Å². The zero-order valence-electron chi connectivity index (χ0n) is 17.3. The summed E-state index contributed by atoms with van der Waals surface area (Å²) < 4.78 is 1.77. The molecule has 0 aliphatic rings. The molecule has 0 spiro atoms. The van der Waals surface area contributed by atoms with Crippen molar-refractivity contribution in [2.75, 3.05) is 11.9 Å². The molecule has 0 saturated carbocycles. The third kappa shape index (κ3) is 4.03. The summed E-state index contributed by atoms with van der Waals surface area (Å²) in [5.74, 6) is 1.71. The first-order valence-corrected chi connectivity index (χ1v) is 10.4. The van der Waals surface area contributed by atoms with E-state index in [4.69, 9.17) is 9.97 Å². The molecule has 2 heterocycles. The Labute approximate surface area is 181 Å². The monoisotopic (exact) mass is 405 g/mol. The van der Waals surface area contributed by atoms with Crippen LogP contribution in [0.5, 0.6) is 0 Å². The summed E-state index contributed by atoms with van der Waals surface area (Å²) in [6.07, 6.45) is 3.73. The average Bonchev–Trinajstić information content (AvgIpc) is 3.27. The number of aromatic nitrogens is 4. The van der Waals surface area contributed by atoms with Gasteiger partial charge in [0.05, 0.1) is 17.3 Å². The fourth-order valence-corrected chi connectivity index (χ4v) is 3.87. The first-order chi connectivity index (χ1) is 15.3. The van der Waals surface area contributed by atoms with Crippen LogP contribution < -0.4 is 5.32 Å². The molecule has 0 aliphatic heterocycles. The smallest absolute Gasteiger partial charge is 0.165 e. The molecule has 5 nitrogen and oxygen atoms in total. The highest BCUT2D eigenvalue weighted by atomic mass is 15.2. The highest BCUT2D eigenvalue weighted by Gasteiger charge is 2.16. The minimum Gasteiger partial charge on any atom is -0.368 e. The minimum absolute atomic E-state index is 0.206. The van der Waals surface area contributed by atoms with E-state index in [0.29, 0.717) is 5.82 Å². The molecule has 3 aromatic carbocycles. The van der Waals surface area contributed by atoms with E-state index in [-0.39, 0.29) is 5.92 Å². The summed E-state index contributed by atoms with van der Waals surface area (Å²) in [4.78, 5) is 9.63. The maximum absolute atomic E-state index is 4.87. The molecule has 5 aromatic rings. The lowest BCUT2D eigenvalue weighted by atomic mass is 9.91. The second kappa shape index (κ2) is 8.40. The predicted octanol–water partition coefficient (Wildman–Crippen LogP) is 5.27. The van der Waals surface area contributed by atoms with Crippen LogP contribution in [-0.4, -0.2) is 26.3 Å². The van der Waals surface area contributed by atoms with Crippen LogP contribution in [0, 0.1) is 0 Å². The van der Waals surface area contributed by atoms with E-state index in [0.717, 1.165) is 28.8 Å². The lowest BCUT2D eigenvalue weighted by molar-refractivity contribution is 0.768. The van der Waals surface area contributed by atoms with Gasteiger partial charge in [0.25, 0.3) is 0 Å². The van der Waals surface area contributed by atoms with E-state index < -0.39 is 0 Å². The van der Waals surface area contributed by atoms with Crippen LogP contribution in [0.3, 0.4) is 0 Å². The van der Waals surface area contributed by atoms with Gasteiger partial charge in [-0.15, -0.1) is 0 Å². The molecule has 0 aliphatic carbocycles. The van der Waals surface area contributed by atoms with Gasteiger partial charge < -0.3 is 5.32 Å². The van der Waals surface area contributed by atoms with Crippen LogP contribution in [0.1, 0.15) is 17.0 Å². The van der Waals surface area contributed by atoms with Gasteiger partial charge in [-0.2, -0.15) is 5.10 Å². The number of nitrogens with zero attached hydrogens (tertiary/aromatic N) is 4. The largest absolute Gasteiger partial charge is 0.368 e. The number of hydrogen-bond donors (Lipinski definition) is 1. The van der Waals surface area contributed by atoms with Gasteiger partial charge in [-0.05, 0) is 23.3 Å². The molecule has 0 atom stereocenters. The Morgan fingerprint density at radius 2 is 1.45 bits per heavy atom. The molecular formula is C26H23N5. The van der Waals surface area contributed by atoms with E-state index in [2.05, 4.69) is 77.1 Å². The Balaban J connectivity index is 1.53. The number of hydrogen-bond acceptors (Lipinski definition) is 4. The molecule has 0 bridgehead atoms. The normalized spacial score (nSPS) is 11.2. The third-order valence-corrected chi connectivity index (χ3v) is 5.44. The van der Waals surface area contributed by atoms with Crippen molar-refractivity contribution in [3.8, 4) is 11.4 Å². The average molecular weight is 406 g/mol. The van der Waals surface area contributed by atoms with Crippen molar-refractivity contribution in [3.63, 3.8) is 0 Å². The zero-order valence-corrected chi connectivity index (χ0v) is 17.3. The van der Waals surface area contributed by atoms with E-state index in [1.54, 1.807) is 10.9 Å². The molecule has 5 rings (SSSR count). The second-order valence-electron chi connectivity index (χ2n) is 7.57. The van der Waals surface area contributed by atoms with Gasteiger partial charge in [0.1, 0.15) is 5.82 Å². The highest BCUT2D eigenvalue weighted by molar-refractivity contribution is 5.90. The van der Waals surface area contributed by atoms with E-state index in [1.807, 2.05) is 31.4 Å². The van der Waals surface area contributed by atoms with Crippen LogP contribution in [-0.2, 0) is 7.05 Å². The highest BCUT2D eigenvalue weighted by Crippen LogP contribution is 2.28. The molecule has 2 aromatic heterocycles. The van der Waals surface area contributed by atoms with Crippen LogP contribution in [0.4, 0.5) is 5.82 Å². The van der Waals surface area contributed by atoms with Crippen LogP contribution in [0.15, 0.2) is 97.3 Å². The molecule has 0 unspecified atom stereocenters. The molecule has 152 valence electrons. The Hall–Kier alpha value is -3.99. The van der Waals surface area contributed by atoms with E-state index in [9.17, 15) is 0 Å². The number of benzene rings is 3. The van der Waals surface area contributed by atoms with Gasteiger partial charge in [-0.25, -0.2) is 9.97 Å². The van der Waals surface area contributed by atoms with Crippen LogP contribution in [0.25, 0.3) is 22.3 Å². The minimum atomic E-state index is 0.206. The molecule has 0 amide bonds. The second-order valence-corrected chi connectivity index (χ2v) is 7.57. The van der Waals surface area contributed by atoms with Crippen LogP contribution >= 0.6 is 0 Å². The summed E-state index contributed by atoms with van der Waals surface area (Å²) in [5.41, 5.74) is 4.35. The van der Waals surface area contributed by atoms with Crippen molar-refractivity contribution in [2.45, 2.75) is 5.92 Å². The summed E-state index contributed by atoms with van der Waals surface area (Å²) in [5, 5.41) is 8.91. The SMILES string of the molecule is Cn1cc(-c2nc(NCC(c3ccccc3)c3ccccc3)c3ccccc3n2)cn1. The fourth-order valence-electron chi connectivity index (χ4n) is 3.87. The summed E-state index contributed by atoms with van der Waals surface area (Å²) in [6, 6.07) is 29.3. The lowest BCUT2D eigenvalue weighted by Crippen LogP contribution is -2.15. The third-order valence-electron chi connectivity index (χ3n) is 5.44. The fraction of sp³-hybridized carbons (Fsp3) is 0.115. The lowest BCUT2D eigenvalue weighted by Gasteiger charge is -2.20. The molecule has 31 heavy (non-hydrogen) atoms. The molecule has 0 radical (unpaired) electrons. The van der Waals surface area contributed by atoms with Crippen molar-refractivity contribution in [3.05, 3.63) is 108 Å². The van der Waals surface area contributed by atoms with Crippen molar-refractivity contribution in [1.29, 1.82) is 0 Å². The Morgan fingerprint density at radius 1 is 0.806 bits per heavy atom. The predicted molar refractivity (Wildman–Crippen MR) is 125 cm³/mol. The number of fused-ring (bicyclic) bond motifs is 1. The number of anilines is 1. The number of rotatable bonds is 6. The van der Waals surface area contributed by atoms with Gasteiger partial charge in [0, 0.05) is 31.1 Å². The molecule has 5 heteroatoms. The Bertz CT molecular complexity index is 1260. The van der Waals surface area contributed by atoms with Crippen molar-refractivity contribution in [2.24, 2.45) is 7.05 Å². The Kier molecular flexibility index (Phi) is 5.15. The standard InChI is InChI=1S/C26H23N5/c1-31-18-21(16-28-31)25-29-24-15-9-8-14-22(24)26(30-25)27-17-23(19-10-4-2-5-11-19)20-12-6-3-7-13-20/h2-16,18,23H,17H2,1H3,(H,27,29,30). The number of aryl methyl sites for hydroxylation is 1. The number of nitrogens with one attached hydrogen (secondary N) is 1. The molecule has 0 saturated heterocycles. The van der Waals surface area contributed by atoms with Gasteiger partial charge in [-0.1, -0.05) is 72.8 Å². The maximum Gasteiger partial charge on any atom is 0.165 e. The molecule has 0 fully saturated rings. The van der Waals surface area contributed by atoms with Gasteiger partial charge in [0.15, 0.2) is 5.82 Å². The first-order valence-electron chi connectivity index (χ1n) is 10.4. The molecular weight excluding hydrogens is 382 g/mol.